The zero-order valence-corrected chi connectivity index (χ0v) is 23.5. The molecule has 7 nitrogen and oxygen atoms in total. The monoisotopic (exact) mass is 675 g/mol. The van der Waals surface area contributed by atoms with E-state index in [0.29, 0.717) is 11.3 Å². The predicted octanol–water partition coefficient (Wildman–Crippen LogP) is 5.53. The van der Waals surface area contributed by atoms with E-state index in [0.717, 1.165) is 26.7 Å². The minimum absolute atomic E-state index is 0.00619. The lowest BCUT2D eigenvalue weighted by Crippen LogP contribution is -2.39. The third-order valence-corrected chi connectivity index (χ3v) is 8.91. The summed E-state index contributed by atoms with van der Waals surface area (Å²) >= 11 is 2.11. The molecule has 3 aliphatic carbocycles. The summed E-state index contributed by atoms with van der Waals surface area (Å²) in [6.07, 6.45) is -1.92. The minimum atomic E-state index is -5.00. The number of halogens is 4. The van der Waals surface area contributed by atoms with Crippen LogP contribution in [0.3, 0.4) is 0 Å². The molecule has 0 radical (unpaired) electrons. The number of imide groups is 1. The van der Waals surface area contributed by atoms with E-state index in [1.807, 2.05) is 0 Å². The van der Waals surface area contributed by atoms with E-state index in [1.165, 1.54) is 13.0 Å². The predicted molar refractivity (Wildman–Crippen MR) is 148 cm³/mol. The van der Waals surface area contributed by atoms with Crippen LogP contribution in [0.25, 0.3) is 0 Å². The molecule has 210 valence electrons. The minimum Gasteiger partial charge on any atom is -0.508 e. The van der Waals surface area contributed by atoms with Gasteiger partial charge in [0, 0.05) is 31.8 Å². The number of amides is 2. The van der Waals surface area contributed by atoms with Crippen molar-refractivity contribution in [2.24, 2.45) is 17.8 Å². The summed E-state index contributed by atoms with van der Waals surface area (Å²) in [7, 11) is 0. The highest BCUT2D eigenvalue weighted by Gasteiger charge is 2.57. The number of aromatic hydroxyl groups is 1. The Morgan fingerprint density at radius 3 is 2.39 bits per heavy atom. The summed E-state index contributed by atoms with van der Waals surface area (Å²) < 4.78 is 44.2. The normalized spacial score (nSPS) is 25.9. The molecule has 0 saturated carbocycles. The van der Waals surface area contributed by atoms with Gasteiger partial charge in [0.25, 0.3) is 0 Å². The lowest BCUT2D eigenvalue weighted by atomic mass is 9.59. The third-order valence-electron chi connectivity index (χ3n) is 8.19. The molecule has 1 N–H and O–H groups in total. The Kier molecular flexibility index (Phi) is 6.47. The Hall–Kier alpha value is -3.74. The van der Waals surface area contributed by atoms with Crippen LogP contribution in [-0.4, -0.2) is 34.8 Å². The van der Waals surface area contributed by atoms with Gasteiger partial charge < -0.3 is 9.84 Å². The number of carbonyl (C=O) groups is 4. The van der Waals surface area contributed by atoms with E-state index >= 15 is 0 Å². The molecule has 11 heteroatoms. The topological polar surface area (TPSA) is 101 Å². The number of Topliss-reactive ketones (excluding diaryl/α,β-unsaturated/α-hetero) is 1. The number of carbonyl (C=O) groups excluding carboxylic acids is 4. The molecule has 2 aromatic rings. The highest BCUT2D eigenvalue weighted by molar-refractivity contribution is 14.1. The van der Waals surface area contributed by atoms with Gasteiger partial charge in [-0.15, -0.1) is 13.2 Å². The molecule has 4 aliphatic rings. The van der Waals surface area contributed by atoms with Gasteiger partial charge in [-0.3, -0.25) is 24.1 Å². The van der Waals surface area contributed by atoms with Crippen LogP contribution < -0.4 is 9.64 Å². The van der Waals surface area contributed by atoms with Gasteiger partial charge in [0.15, 0.2) is 11.6 Å². The summed E-state index contributed by atoms with van der Waals surface area (Å²) in [5.74, 6) is -6.13. The molecule has 0 aromatic heterocycles. The van der Waals surface area contributed by atoms with Crippen molar-refractivity contribution in [3.05, 3.63) is 86.0 Å². The van der Waals surface area contributed by atoms with Crippen LogP contribution in [0.4, 0.5) is 18.9 Å². The van der Waals surface area contributed by atoms with Crippen molar-refractivity contribution in [2.75, 3.05) is 4.90 Å². The van der Waals surface area contributed by atoms with Crippen LogP contribution in [-0.2, 0) is 19.2 Å². The van der Waals surface area contributed by atoms with Gasteiger partial charge in [0.2, 0.25) is 11.8 Å². The molecule has 0 spiro atoms. The van der Waals surface area contributed by atoms with Crippen molar-refractivity contribution in [1.82, 2.24) is 0 Å². The van der Waals surface area contributed by atoms with E-state index < -0.39 is 59.0 Å². The number of hydrogen-bond acceptors (Lipinski definition) is 6. The largest absolute Gasteiger partial charge is 0.573 e. The fourth-order valence-electron chi connectivity index (χ4n) is 6.52. The van der Waals surface area contributed by atoms with Crippen LogP contribution in [0.5, 0.6) is 11.5 Å². The van der Waals surface area contributed by atoms with Crippen molar-refractivity contribution < 1.29 is 42.2 Å². The van der Waals surface area contributed by atoms with E-state index in [1.54, 1.807) is 30.3 Å². The molecule has 4 atom stereocenters. The average molecular weight is 675 g/mol. The Morgan fingerprint density at radius 2 is 1.71 bits per heavy atom. The van der Waals surface area contributed by atoms with Gasteiger partial charge in [0.05, 0.1) is 17.5 Å². The van der Waals surface area contributed by atoms with Crippen LogP contribution in [0.1, 0.15) is 31.2 Å². The van der Waals surface area contributed by atoms with Crippen LogP contribution in [0.15, 0.2) is 76.9 Å². The molecular formula is C30H21F3INO6. The first-order valence-corrected chi connectivity index (χ1v) is 13.9. The van der Waals surface area contributed by atoms with Crippen molar-refractivity contribution in [3.8, 4) is 11.5 Å². The van der Waals surface area contributed by atoms with Crippen molar-refractivity contribution in [1.29, 1.82) is 0 Å². The van der Waals surface area contributed by atoms with Crippen molar-refractivity contribution in [3.63, 3.8) is 0 Å². The number of allylic oxidation sites excluding steroid dienone is 6. The molecule has 1 heterocycles. The lowest BCUT2D eigenvalue weighted by molar-refractivity contribution is -0.274. The Labute approximate surface area is 245 Å². The second-order valence-corrected chi connectivity index (χ2v) is 11.7. The summed E-state index contributed by atoms with van der Waals surface area (Å²) in [6.45, 7) is 1.47. The van der Waals surface area contributed by atoms with E-state index in [2.05, 4.69) is 27.3 Å². The zero-order valence-electron chi connectivity index (χ0n) is 21.4. The number of phenols is 1. The average Bonchev–Trinajstić information content (AvgIpc) is 3.17. The molecular weight excluding hydrogens is 654 g/mol. The van der Waals surface area contributed by atoms with Crippen molar-refractivity contribution >= 4 is 51.7 Å². The summed E-state index contributed by atoms with van der Waals surface area (Å²) in [6, 6.07) is 9.88. The quantitative estimate of drug-likeness (QED) is 0.199. The maximum Gasteiger partial charge on any atom is 0.573 e. The first-order chi connectivity index (χ1) is 19.4. The number of benzene rings is 2. The van der Waals surface area contributed by atoms with E-state index in [4.69, 9.17) is 0 Å². The Balaban J connectivity index is 1.49. The molecule has 2 amide bonds. The second-order valence-electron chi connectivity index (χ2n) is 10.5. The maximum absolute atomic E-state index is 13.9. The van der Waals surface area contributed by atoms with Gasteiger partial charge in [0.1, 0.15) is 11.5 Å². The number of rotatable bonds is 3. The van der Waals surface area contributed by atoms with Crippen molar-refractivity contribution in [2.45, 2.75) is 32.0 Å². The van der Waals surface area contributed by atoms with Crippen LogP contribution in [0.2, 0.25) is 0 Å². The summed E-state index contributed by atoms with van der Waals surface area (Å²) in [5, 5.41) is 10.9. The summed E-state index contributed by atoms with van der Waals surface area (Å²) in [5.41, 5.74) is 1.21. The summed E-state index contributed by atoms with van der Waals surface area (Å²) in [4.78, 5) is 55.2. The molecule has 0 unspecified atom stereocenters. The molecule has 1 aliphatic heterocycles. The number of alkyl halides is 3. The molecule has 41 heavy (non-hydrogen) atoms. The van der Waals surface area contributed by atoms with Gasteiger partial charge in [-0.2, -0.15) is 0 Å². The lowest BCUT2D eigenvalue weighted by Gasteiger charge is -2.42. The molecule has 0 bridgehead atoms. The maximum atomic E-state index is 13.9. The Bertz CT molecular complexity index is 1640. The highest BCUT2D eigenvalue weighted by atomic mass is 127. The molecule has 6 rings (SSSR count). The van der Waals surface area contributed by atoms with Crippen LogP contribution in [0, 0.1) is 21.3 Å². The standard InChI is InChI=1S/C30H21F3INO6/c1-13-10-23(37)21-12-19-17(7-8-18-25(19)29(40)35(28(18)39)15-4-2-14(34)3-5-15)24(26(21)27(13)38)20-11-16(6-9-22(20)36)41-30(31,32)33/h2-7,9-11,18-19,24-25,36H,8,12H2,1H3/t18-,19+,24+,25-/m0/s1. The fraction of sp³-hybridized carbons (Fsp3) is 0.267. The van der Waals surface area contributed by atoms with E-state index in [9.17, 15) is 37.5 Å². The number of ketones is 2. The molecule has 1 saturated heterocycles. The number of ether oxygens (including phenoxy) is 1. The number of nitrogens with zero attached hydrogens (tertiary/aromatic N) is 1. The van der Waals surface area contributed by atoms with Gasteiger partial charge in [-0.05, 0) is 96.8 Å². The first kappa shape index (κ1) is 27.4. The highest BCUT2D eigenvalue weighted by Crippen LogP contribution is 2.56. The molecule has 1 fully saturated rings. The SMILES string of the molecule is CC1=CC(=O)C2=C(C1=O)[C@@H](c1cc(OC(F)(F)F)ccc1O)C1=CC[C@@H]3C(=O)N(c4ccc(I)cc4)C(=O)[C@@H]3[C@@H]1C2. The second kappa shape index (κ2) is 9.68. The Morgan fingerprint density at radius 1 is 1.00 bits per heavy atom. The van der Waals surface area contributed by atoms with E-state index in [-0.39, 0.29) is 41.0 Å². The van der Waals surface area contributed by atoms with Crippen LogP contribution >= 0.6 is 22.6 Å². The van der Waals surface area contributed by atoms with Gasteiger partial charge >= 0.3 is 6.36 Å². The zero-order chi connectivity index (χ0) is 29.4. The number of hydrogen-bond donors (Lipinski definition) is 1. The number of phenolic OH excluding ortho intramolecular Hbond substituents is 1. The smallest absolute Gasteiger partial charge is 0.508 e. The van der Waals surface area contributed by atoms with Gasteiger partial charge in [-0.1, -0.05) is 11.6 Å². The van der Waals surface area contributed by atoms with Gasteiger partial charge in [-0.25, -0.2) is 0 Å². The first-order valence-electron chi connectivity index (χ1n) is 12.8. The number of anilines is 1. The third kappa shape index (κ3) is 4.50. The number of fused-ring (bicyclic) bond motifs is 3. The fourth-order valence-corrected chi connectivity index (χ4v) is 6.88. The molecule has 2 aromatic carbocycles.